The van der Waals surface area contributed by atoms with Crippen LogP contribution in [0.5, 0.6) is 0 Å². The zero-order valence-electron chi connectivity index (χ0n) is 8.31. The smallest absolute Gasteiger partial charge is 0.272 e. The fourth-order valence-electron chi connectivity index (χ4n) is 1.22. The summed E-state index contributed by atoms with van der Waals surface area (Å²) in [5.41, 5.74) is 0.134. The first-order valence-electron chi connectivity index (χ1n) is 4.61. The second-order valence-electron chi connectivity index (χ2n) is 3.42. The van der Waals surface area contributed by atoms with Crippen LogP contribution >= 0.6 is 0 Å². The molecular weight excluding hydrogens is 201 g/mol. The first-order valence-corrected chi connectivity index (χ1v) is 4.61. The van der Waals surface area contributed by atoms with Gasteiger partial charge in [0, 0.05) is 6.07 Å². The summed E-state index contributed by atoms with van der Waals surface area (Å²) in [4.78, 5) is 9.69. The van der Waals surface area contributed by atoms with Gasteiger partial charge in [-0.1, -0.05) is 0 Å². The molecule has 0 saturated carbocycles. The number of non-ortho nitro benzene ring substituents is 1. The van der Waals surface area contributed by atoms with Gasteiger partial charge >= 0.3 is 0 Å². The lowest BCUT2D eigenvalue weighted by Gasteiger charge is -2.04. The summed E-state index contributed by atoms with van der Waals surface area (Å²) in [5, 5.41) is 19.3. The zero-order chi connectivity index (χ0) is 11.4. The number of nitrogens with zero attached hydrogens (tertiary/aromatic N) is 1. The molecule has 1 N–H and O–H groups in total. The van der Waals surface area contributed by atoms with E-state index in [4.69, 9.17) is 5.11 Å². The minimum atomic E-state index is -0.637. The van der Waals surface area contributed by atoms with Crippen LogP contribution in [0, 0.1) is 15.9 Å². The SMILES string of the molecule is CC(O)CCc1ccc([N+](=O)[O-])cc1F. The van der Waals surface area contributed by atoms with E-state index in [-0.39, 0.29) is 5.69 Å². The van der Waals surface area contributed by atoms with E-state index in [1.165, 1.54) is 12.1 Å². The molecule has 0 fully saturated rings. The molecule has 0 aromatic heterocycles. The predicted octanol–water partition coefficient (Wildman–Crippen LogP) is 2.05. The van der Waals surface area contributed by atoms with Crippen molar-refractivity contribution in [3.63, 3.8) is 0 Å². The molecule has 0 aliphatic rings. The lowest BCUT2D eigenvalue weighted by Crippen LogP contribution is -2.03. The number of rotatable bonds is 4. The molecule has 1 aromatic rings. The maximum absolute atomic E-state index is 13.3. The molecule has 0 radical (unpaired) electrons. The van der Waals surface area contributed by atoms with Crippen molar-refractivity contribution in [1.82, 2.24) is 0 Å². The van der Waals surface area contributed by atoms with Crippen molar-refractivity contribution in [3.8, 4) is 0 Å². The van der Waals surface area contributed by atoms with Crippen molar-refractivity contribution in [1.29, 1.82) is 0 Å². The highest BCUT2D eigenvalue weighted by atomic mass is 19.1. The van der Waals surface area contributed by atoms with Crippen molar-refractivity contribution < 1.29 is 14.4 Å². The van der Waals surface area contributed by atoms with Crippen LogP contribution in [0.4, 0.5) is 10.1 Å². The van der Waals surface area contributed by atoms with Crippen molar-refractivity contribution in [2.75, 3.05) is 0 Å². The number of hydrogen-bond acceptors (Lipinski definition) is 3. The highest BCUT2D eigenvalue weighted by Gasteiger charge is 2.10. The van der Waals surface area contributed by atoms with Crippen LogP contribution in [0.1, 0.15) is 18.9 Å². The average molecular weight is 213 g/mol. The van der Waals surface area contributed by atoms with Gasteiger partial charge in [-0.05, 0) is 31.4 Å². The number of halogens is 1. The van der Waals surface area contributed by atoms with E-state index >= 15 is 0 Å². The van der Waals surface area contributed by atoms with E-state index in [0.717, 1.165) is 6.07 Å². The summed E-state index contributed by atoms with van der Waals surface area (Å²) < 4.78 is 13.3. The molecule has 0 heterocycles. The van der Waals surface area contributed by atoms with Gasteiger partial charge < -0.3 is 5.11 Å². The molecular formula is C10H12FNO3. The minimum Gasteiger partial charge on any atom is -0.393 e. The predicted molar refractivity (Wildman–Crippen MR) is 53.1 cm³/mol. The Labute approximate surface area is 86.5 Å². The molecule has 1 rings (SSSR count). The average Bonchev–Trinajstić information content (AvgIpc) is 2.15. The number of nitro groups is 1. The molecule has 0 spiro atoms. The van der Waals surface area contributed by atoms with Crippen LogP contribution in [-0.2, 0) is 6.42 Å². The van der Waals surface area contributed by atoms with Gasteiger partial charge in [0.1, 0.15) is 5.82 Å². The summed E-state index contributed by atoms with van der Waals surface area (Å²) >= 11 is 0. The number of nitro benzene ring substituents is 1. The Kier molecular flexibility index (Phi) is 3.74. The van der Waals surface area contributed by atoms with Crippen molar-refractivity contribution in [3.05, 3.63) is 39.7 Å². The van der Waals surface area contributed by atoms with Gasteiger partial charge in [0.25, 0.3) is 5.69 Å². The molecule has 4 nitrogen and oxygen atoms in total. The second-order valence-corrected chi connectivity index (χ2v) is 3.42. The maximum Gasteiger partial charge on any atom is 0.272 e. The first kappa shape index (κ1) is 11.6. The Morgan fingerprint density at radius 2 is 2.27 bits per heavy atom. The molecule has 1 atom stereocenters. The van der Waals surface area contributed by atoms with Crippen molar-refractivity contribution >= 4 is 5.69 Å². The molecule has 0 amide bonds. The Hall–Kier alpha value is -1.49. The summed E-state index contributed by atoms with van der Waals surface area (Å²) in [7, 11) is 0. The first-order chi connectivity index (χ1) is 7.00. The molecule has 15 heavy (non-hydrogen) atoms. The van der Waals surface area contributed by atoms with Gasteiger partial charge in [-0.2, -0.15) is 0 Å². The van der Waals surface area contributed by atoms with Crippen LogP contribution in [-0.4, -0.2) is 16.1 Å². The fraction of sp³-hybridized carbons (Fsp3) is 0.400. The third-order valence-corrected chi connectivity index (χ3v) is 2.08. The third kappa shape index (κ3) is 3.28. The van der Waals surface area contributed by atoms with Gasteiger partial charge in [0.2, 0.25) is 0 Å². The highest BCUT2D eigenvalue weighted by molar-refractivity contribution is 5.34. The van der Waals surface area contributed by atoms with E-state index in [9.17, 15) is 14.5 Å². The van der Waals surface area contributed by atoms with E-state index in [2.05, 4.69) is 0 Å². The molecule has 1 aromatic carbocycles. The summed E-state index contributed by atoms with van der Waals surface area (Å²) in [5.74, 6) is -0.593. The summed E-state index contributed by atoms with van der Waals surface area (Å²) in [6.45, 7) is 1.61. The highest BCUT2D eigenvalue weighted by Crippen LogP contribution is 2.18. The van der Waals surface area contributed by atoms with E-state index in [1.807, 2.05) is 0 Å². The second kappa shape index (κ2) is 4.84. The minimum absolute atomic E-state index is 0.256. The van der Waals surface area contributed by atoms with Crippen LogP contribution in [0.15, 0.2) is 18.2 Å². The third-order valence-electron chi connectivity index (χ3n) is 2.08. The van der Waals surface area contributed by atoms with E-state index in [1.54, 1.807) is 6.92 Å². The topological polar surface area (TPSA) is 63.4 Å². The van der Waals surface area contributed by atoms with E-state index in [0.29, 0.717) is 18.4 Å². The van der Waals surface area contributed by atoms with Gasteiger partial charge in [0.15, 0.2) is 0 Å². The summed E-state index contributed by atoms with van der Waals surface area (Å²) in [6, 6.07) is 3.55. The number of aryl methyl sites for hydroxylation is 1. The molecule has 0 aliphatic heterocycles. The van der Waals surface area contributed by atoms with Crippen LogP contribution < -0.4 is 0 Å². The van der Waals surface area contributed by atoms with Gasteiger partial charge in [0.05, 0.1) is 17.1 Å². The molecule has 0 bridgehead atoms. The molecule has 0 saturated heterocycles. The normalized spacial score (nSPS) is 12.5. The molecule has 5 heteroatoms. The lowest BCUT2D eigenvalue weighted by molar-refractivity contribution is -0.385. The maximum atomic E-state index is 13.3. The van der Waals surface area contributed by atoms with Gasteiger partial charge in [-0.3, -0.25) is 10.1 Å². The van der Waals surface area contributed by atoms with Crippen molar-refractivity contribution in [2.45, 2.75) is 25.9 Å². The largest absolute Gasteiger partial charge is 0.393 e. The van der Waals surface area contributed by atoms with Gasteiger partial charge in [-0.15, -0.1) is 0 Å². The van der Waals surface area contributed by atoms with Crippen molar-refractivity contribution in [2.24, 2.45) is 0 Å². The number of benzene rings is 1. The van der Waals surface area contributed by atoms with Crippen LogP contribution in [0.3, 0.4) is 0 Å². The monoisotopic (exact) mass is 213 g/mol. The molecule has 0 aliphatic carbocycles. The molecule has 1 unspecified atom stereocenters. The summed E-state index contributed by atoms with van der Waals surface area (Å²) in [6.07, 6.45) is 0.315. The van der Waals surface area contributed by atoms with Crippen LogP contribution in [0.2, 0.25) is 0 Å². The van der Waals surface area contributed by atoms with Gasteiger partial charge in [-0.25, -0.2) is 4.39 Å². The Morgan fingerprint density at radius 1 is 1.60 bits per heavy atom. The number of aliphatic hydroxyl groups is 1. The number of hydrogen-bond donors (Lipinski definition) is 1. The fourth-order valence-corrected chi connectivity index (χ4v) is 1.22. The Balaban J connectivity index is 2.79. The quantitative estimate of drug-likeness (QED) is 0.615. The van der Waals surface area contributed by atoms with Crippen LogP contribution in [0.25, 0.3) is 0 Å². The Morgan fingerprint density at radius 3 is 2.73 bits per heavy atom. The number of aliphatic hydroxyl groups excluding tert-OH is 1. The molecule has 82 valence electrons. The van der Waals surface area contributed by atoms with E-state index < -0.39 is 16.8 Å². The standard InChI is InChI=1S/C10H12FNO3/c1-7(13)2-3-8-4-5-9(12(14)15)6-10(8)11/h4-7,13H,2-3H2,1H3. The zero-order valence-corrected chi connectivity index (χ0v) is 8.31. The lowest BCUT2D eigenvalue weighted by atomic mass is 10.1. The Bertz CT molecular complexity index is 366.